The Balaban J connectivity index is 1.54. The molecule has 1 N–H and O–H groups in total. The zero-order chi connectivity index (χ0) is 22.4. The number of piperazine rings is 1. The van der Waals surface area contributed by atoms with E-state index in [4.69, 9.17) is 16.3 Å². The first-order valence-electron chi connectivity index (χ1n) is 9.56. The van der Waals surface area contributed by atoms with Crippen LogP contribution in [-0.2, 0) is 4.79 Å². The third-order valence-corrected chi connectivity index (χ3v) is 5.13. The minimum absolute atomic E-state index is 0.0565. The lowest BCUT2D eigenvalue weighted by atomic mass is 10.1. The number of nitrogens with one attached hydrogen (secondary N) is 1. The van der Waals surface area contributed by atoms with Gasteiger partial charge in [-0.3, -0.25) is 14.5 Å². The van der Waals surface area contributed by atoms with Crippen molar-refractivity contribution in [1.82, 2.24) is 9.80 Å². The molecule has 2 amide bonds. The molecular formula is C21H22ClF2N3O4. The Morgan fingerprint density at radius 2 is 1.81 bits per heavy atom. The number of alkyl halides is 2. The second-order valence-corrected chi connectivity index (χ2v) is 7.25. The predicted octanol–water partition coefficient (Wildman–Crippen LogP) is 3.35. The average molecular weight is 454 g/mol. The van der Waals surface area contributed by atoms with E-state index in [0.717, 1.165) is 0 Å². The Hall–Kier alpha value is -2.91. The van der Waals surface area contributed by atoms with Crippen molar-refractivity contribution < 1.29 is 27.8 Å². The second-order valence-electron chi connectivity index (χ2n) is 6.84. The van der Waals surface area contributed by atoms with Gasteiger partial charge in [0, 0.05) is 31.7 Å². The van der Waals surface area contributed by atoms with E-state index in [9.17, 15) is 18.4 Å². The number of rotatable bonds is 7. The van der Waals surface area contributed by atoms with Crippen LogP contribution < -0.4 is 14.8 Å². The maximum Gasteiger partial charge on any atom is 0.387 e. The summed E-state index contributed by atoms with van der Waals surface area (Å²) >= 11 is 6.05. The molecule has 0 atom stereocenters. The van der Waals surface area contributed by atoms with Crippen LogP contribution in [0.1, 0.15) is 10.4 Å². The van der Waals surface area contributed by atoms with Gasteiger partial charge in [-0.1, -0.05) is 23.7 Å². The Kier molecular flexibility index (Phi) is 7.64. The number of amides is 2. The number of para-hydroxylation sites is 1. The fourth-order valence-corrected chi connectivity index (χ4v) is 3.42. The summed E-state index contributed by atoms with van der Waals surface area (Å²) in [5, 5.41) is 3.24. The second kappa shape index (κ2) is 10.4. The number of hydrogen-bond acceptors (Lipinski definition) is 5. The zero-order valence-corrected chi connectivity index (χ0v) is 17.6. The van der Waals surface area contributed by atoms with Crippen molar-refractivity contribution in [1.29, 1.82) is 0 Å². The molecule has 0 aromatic heterocycles. The number of methoxy groups -OCH3 is 1. The SMILES string of the molecule is COc1cc(C(=O)N2CCN(CC(=O)Nc3ccccc3Cl)CC2)ccc1OC(F)F. The Labute approximate surface area is 183 Å². The molecule has 10 heteroatoms. The van der Waals surface area contributed by atoms with E-state index < -0.39 is 6.61 Å². The summed E-state index contributed by atoms with van der Waals surface area (Å²) in [7, 11) is 1.31. The summed E-state index contributed by atoms with van der Waals surface area (Å²) in [6, 6.07) is 11.1. The number of nitrogens with zero attached hydrogens (tertiary/aromatic N) is 2. The van der Waals surface area contributed by atoms with Crippen LogP contribution in [0.5, 0.6) is 11.5 Å². The van der Waals surface area contributed by atoms with Crippen molar-refractivity contribution in [2.24, 2.45) is 0 Å². The van der Waals surface area contributed by atoms with Gasteiger partial charge in [0.2, 0.25) is 5.91 Å². The molecule has 1 fully saturated rings. The van der Waals surface area contributed by atoms with Gasteiger partial charge in [0.1, 0.15) is 0 Å². The molecule has 0 spiro atoms. The van der Waals surface area contributed by atoms with Gasteiger partial charge in [0.25, 0.3) is 5.91 Å². The van der Waals surface area contributed by atoms with Crippen LogP contribution >= 0.6 is 11.6 Å². The summed E-state index contributed by atoms with van der Waals surface area (Å²) in [5.74, 6) is -0.515. The number of carbonyl (C=O) groups is 2. The van der Waals surface area contributed by atoms with Gasteiger partial charge in [0.15, 0.2) is 11.5 Å². The zero-order valence-electron chi connectivity index (χ0n) is 16.8. The molecule has 7 nitrogen and oxygen atoms in total. The first kappa shape index (κ1) is 22.8. The molecule has 1 heterocycles. The highest BCUT2D eigenvalue weighted by atomic mass is 35.5. The van der Waals surface area contributed by atoms with E-state index in [0.29, 0.717) is 42.5 Å². The lowest BCUT2D eigenvalue weighted by Crippen LogP contribution is -2.50. The number of benzene rings is 2. The van der Waals surface area contributed by atoms with Gasteiger partial charge in [-0.25, -0.2) is 0 Å². The predicted molar refractivity (Wildman–Crippen MR) is 112 cm³/mol. The van der Waals surface area contributed by atoms with Crippen LogP contribution in [0.3, 0.4) is 0 Å². The monoisotopic (exact) mass is 453 g/mol. The Morgan fingerprint density at radius 3 is 2.45 bits per heavy atom. The van der Waals surface area contributed by atoms with Gasteiger partial charge in [0.05, 0.1) is 24.4 Å². The average Bonchev–Trinajstić information content (AvgIpc) is 2.75. The van der Waals surface area contributed by atoms with Gasteiger partial charge in [-0.15, -0.1) is 0 Å². The standard InChI is InChI=1S/C21H22ClF2N3O4/c1-30-18-12-14(6-7-17(18)31-21(23)24)20(29)27-10-8-26(9-11-27)13-19(28)25-16-5-3-2-4-15(16)22/h2-7,12,21H,8-11,13H2,1H3,(H,25,28). The van der Waals surface area contributed by atoms with Gasteiger partial charge in [-0.2, -0.15) is 8.78 Å². The molecule has 0 radical (unpaired) electrons. The van der Waals surface area contributed by atoms with Crippen molar-refractivity contribution in [3.8, 4) is 11.5 Å². The molecule has 0 saturated carbocycles. The van der Waals surface area contributed by atoms with Crippen molar-refractivity contribution in [3.63, 3.8) is 0 Å². The van der Waals surface area contributed by atoms with Gasteiger partial charge >= 0.3 is 6.61 Å². The molecule has 0 bridgehead atoms. The van der Waals surface area contributed by atoms with Crippen LogP contribution in [0.15, 0.2) is 42.5 Å². The Morgan fingerprint density at radius 1 is 1.10 bits per heavy atom. The molecule has 1 saturated heterocycles. The molecule has 166 valence electrons. The molecule has 2 aromatic rings. The molecule has 2 aromatic carbocycles. The molecule has 1 aliphatic rings. The van der Waals surface area contributed by atoms with Crippen LogP contribution in [0.25, 0.3) is 0 Å². The third kappa shape index (κ3) is 6.05. The highest BCUT2D eigenvalue weighted by Gasteiger charge is 2.24. The van der Waals surface area contributed by atoms with Crippen molar-refractivity contribution in [2.45, 2.75) is 6.61 Å². The number of anilines is 1. The Bertz CT molecular complexity index is 937. The van der Waals surface area contributed by atoms with Crippen LogP contribution in [-0.4, -0.2) is 68.1 Å². The smallest absolute Gasteiger partial charge is 0.387 e. The molecule has 0 unspecified atom stereocenters. The van der Waals surface area contributed by atoms with E-state index in [1.54, 1.807) is 29.2 Å². The normalized spacial score (nSPS) is 14.4. The minimum atomic E-state index is -2.99. The quantitative estimate of drug-likeness (QED) is 0.696. The van der Waals surface area contributed by atoms with E-state index in [2.05, 4.69) is 10.1 Å². The summed E-state index contributed by atoms with van der Waals surface area (Å²) in [4.78, 5) is 28.6. The topological polar surface area (TPSA) is 71.1 Å². The maximum atomic E-state index is 12.8. The van der Waals surface area contributed by atoms with Crippen LogP contribution in [0.4, 0.5) is 14.5 Å². The third-order valence-electron chi connectivity index (χ3n) is 4.80. The van der Waals surface area contributed by atoms with E-state index in [1.165, 1.54) is 25.3 Å². The van der Waals surface area contributed by atoms with Crippen molar-refractivity contribution in [3.05, 3.63) is 53.1 Å². The molecule has 31 heavy (non-hydrogen) atoms. The highest BCUT2D eigenvalue weighted by molar-refractivity contribution is 6.33. The molecular weight excluding hydrogens is 432 g/mol. The highest BCUT2D eigenvalue weighted by Crippen LogP contribution is 2.30. The molecule has 3 rings (SSSR count). The first-order chi connectivity index (χ1) is 14.9. The van der Waals surface area contributed by atoms with Crippen LogP contribution in [0.2, 0.25) is 5.02 Å². The maximum absolute atomic E-state index is 12.8. The summed E-state index contributed by atoms with van der Waals surface area (Å²) in [6.45, 7) is -0.915. The van der Waals surface area contributed by atoms with E-state index in [-0.39, 0.29) is 29.9 Å². The fraction of sp³-hybridized carbons (Fsp3) is 0.333. The lowest BCUT2D eigenvalue weighted by molar-refractivity contribution is -0.117. The summed E-state index contributed by atoms with van der Waals surface area (Å²) in [6.07, 6.45) is 0. The number of ether oxygens (including phenoxy) is 2. The number of carbonyl (C=O) groups excluding carboxylic acids is 2. The van der Waals surface area contributed by atoms with Gasteiger partial charge < -0.3 is 19.7 Å². The summed E-state index contributed by atoms with van der Waals surface area (Å²) < 4.78 is 34.4. The van der Waals surface area contributed by atoms with Crippen molar-refractivity contribution >= 4 is 29.1 Å². The van der Waals surface area contributed by atoms with Crippen molar-refractivity contribution in [2.75, 3.05) is 45.2 Å². The minimum Gasteiger partial charge on any atom is -0.493 e. The number of hydrogen-bond donors (Lipinski definition) is 1. The number of halogens is 3. The lowest BCUT2D eigenvalue weighted by Gasteiger charge is -2.34. The largest absolute Gasteiger partial charge is 0.493 e. The first-order valence-corrected chi connectivity index (χ1v) is 9.94. The fourth-order valence-electron chi connectivity index (χ4n) is 3.24. The molecule has 0 aliphatic carbocycles. The van der Waals surface area contributed by atoms with E-state index in [1.807, 2.05) is 4.90 Å². The summed E-state index contributed by atoms with van der Waals surface area (Å²) in [5.41, 5.74) is 0.861. The van der Waals surface area contributed by atoms with E-state index >= 15 is 0 Å². The van der Waals surface area contributed by atoms with Crippen LogP contribution in [0, 0.1) is 0 Å². The molecule has 1 aliphatic heterocycles. The van der Waals surface area contributed by atoms with Gasteiger partial charge in [-0.05, 0) is 30.3 Å².